The molecule has 2 aromatic carbocycles. The van der Waals surface area contributed by atoms with Gasteiger partial charge in [-0.15, -0.1) is 11.3 Å². The van der Waals surface area contributed by atoms with Crippen molar-refractivity contribution in [2.75, 3.05) is 20.8 Å². The minimum absolute atomic E-state index is 0.0599. The number of rotatable bonds is 7. The van der Waals surface area contributed by atoms with E-state index < -0.39 is 5.60 Å². The second kappa shape index (κ2) is 9.17. The molecule has 0 aliphatic rings. The molecule has 0 radical (unpaired) electrons. The van der Waals surface area contributed by atoms with Crippen molar-refractivity contribution in [1.82, 2.24) is 10.3 Å². The lowest BCUT2D eigenvalue weighted by atomic mass is 10.00. The highest BCUT2D eigenvalue weighted by Crippen LogP contribution is 2.35. The van der Waals surface area contributed by atoms with E-state index in [1.807, 2.05) is 17.5 Å². The zero-order chi connectivity index (χ0) is 23.6. The highest BCUT2D eigenvalue weighted by atomic mass is 32.1. The largest absolute Gasteiger partial charge is 0.493 e. The third-order valence-corrected chi connectivity index (χ3v) is 6.37. The third-order valence-electron chi connectivity index (χ3n) is 5.37. The van der Waals surface area contributed by atoms with Crippen LogP contribution in [0.4, 0.5) is 4.39 Å². The Morgan fingerprint density at radius 2 is 1.88 bits per heavy atom. The molecular formula is C25H23FN2O4S. The number of ether oxygens (including phenoxy) is 2. The van der Waals surface area contributed by atoms with Gasteiger partial charge in [-0.05, 0) is 43.3 Å². The first-order valence-corrected chi connectivity index (χ1v) is 11.1. The van der Waals surface area contributed by atoms with Crippen molar-refractivity contribution < 1.29 is 23.8 Å². The number of amides is 1. The van der Waals surface area contributed by atoms with E-state index in [4.69, 9.17) is 9.47 Å². The summed E-state index contributed by atoms with van der Waals surface area (Å²) >= 11 is 1.31. The van der Waals surface area contributed by atoms with Gasteiger partial charge in [-0.1, -0.05) is 18.2 Å². The Morgan fingerprint density at radius 1 is 1.12 bits per heavy atom. The maximum Gasteiger partial charge on any atom is 0.251 e. The molecule has 0 aliphatic carbocycles. The first-order valence-electron chi connectivity index (χ1n) is 10.2. The molecule has 33 heavy (non-hydrogen) atoms. The van der Waals surface area contributed by atoms with Crippen LogP contribution in [0.25, 0.3) is 21.3 Å². The third kappa shape index (κ3) is 4.53. The van der Waals surface area contributed by atoms with Gasteiger partial charge in [-0.3, -0.25) is 4.79 Å². The number of thiophene rings is 1. The van der Waals surface area contributed by atoms with E-state index in [-0.39, 0.29) is 18.3 Å². The van der Waals surface area contributed by atoms with Crippen LogP contribution in [-0.4, -0.2) is 36.8 Å². The Hall–Kier alpha value is -3.49. The summed E-state index contributed by atoms with van der Waals surface area (Å²) in [5.74, 6) is 0.310. The van der Waals surface area contributed by atoms with Crippen LogP contribution < -0.4 is 14.8 Å². The van der Waals surface area contributed by atoms with Gasteiger partial charge < -0.3 is 19.9 Å². The molecule has 0 fully saturated rings. The Labute approximate surface area is 194 Å². The van der Waals surface area contributed by atoms with E-state index in [0.717, 1.165) is 10.9 Å². The van der Waals surface area contributed by atoms with E-state index in [9.17, 15) is 14.3 Å². The van der Waals surface area contributed by atoms with Gasteiger partial charge in [0.1, 0.15) is 11.4 Å². The van der Waals surface area contributed by atoms with Crippen molar-refractivity contribution in [1.29, 1.82) is 0 Å². The molecule has 0 bridgehead atoms. The topological polar surface area (TPSA) is 80.7 Å². The number of hydrogen-bond acceptors (Lipinski definition) is 6. The van der Waals surface area contributed by atoms with Crippen LogP contribution in [0.2, 0.25) is 0 Å². The molecule has 2 aromatic heterocycles. The number of halogens is 1. The van der Waals surface area contributed by atoms with Crippen molar-refractivity contribution >= 4 is 27.3 Å². The summed E-state index contributed by atoms with van der Waals surface area (Å²) in [6.45, 7) is 1.52. The number of benzene rings is 2. The van der Waals surface area contributed by atoms with Crippen LogP contribution >= 0.6 is 11.3 Å². The van der Waals surface area contributed by atoms with Crippen LogP contribution in [0.15, 0.2) is 60.0 Å². The van der Waals surface area contributed by atoms with E-state index >= 15 is 0 Å². The van der Waals surface area contributed by atoms with E-state index in [2.05, 4.69) is 10.3 Å². The van der Waals surface area contributed by atoms with Crippen molar-refractivity contribution in [2.45, 2.75) is 12.5 Å². The number of nitrogens with zero attached hydrogens (tertiary/aromatic N) is 1. The van der Waals surface area contributed by atoms with Crippen molar-refractivity contribution in [3.63, 3.8) is 0 Å². The average molecular weight is 467 g/mol. The normalized spacial score (nSPS) is 12.9. The fraction of sp³-hybridized carbons (Fsp3) is 0.200. The lowest BCUT2D eigenvalue weighted by Gasteiger charge is -2.24. The molecule has 0 spiro atoms. The summed E-state index contributed by atoms with van der Waals surface area (Å²) < 4.78 is 25.1. The average Bonchev–Trinajstić information content (AvgIpc) is 3.28. The molecule has 4 rings (SSSR count). The minimum Gasteiger partial charge on any atom is -0.493 e. The van der Waals surface area contributed by atoms with Crippen LogP contribution in [0.3, 0.4) is 0 Å². The summed E-state index contributed by atoms with van der Waals surface area (Å²) in [6, 6.07) is 15.1. The zero-order valence-electron chi connectivity index (χ0n) is 18.4. The molecule has 8 heteroatoms. The van der Waals surface area contributed by atoms with Crippen molar-refractivity contribution in [3.8, 4) is 22.8 Å². The van der Waals surface area contributed by atoms with Crippen LogP contribution in [0.1, 0.15) is 23.0 Å². The number of carbonyl (C=O) groups excluding carboxylic acids is 1. The molecule has 0 aliphatic heterocycles. The number of aromatic nitrogens is 1. The molecule has 1 atom stereocenters. The maximum absolute atomic E-state index is 14.1. The van der Waals surface area contributed by atoms with Crippen molar-refractivity contribution in [3.05, 3.63) is 77.1 Å². The van der Waals surface area contributed by atoms with E-state index in [0.29, 0.717) is 33.2 Å². The van der Waals surface area contributed by atoms with Crippen LogP contribution in [-0.2, 0) is 5.60 Å². The summed E-state index contributed by atoms with van der Waals surface area (Å²) in [5.41, 5.74) is 0.747. The number of pyridine rings is 1. The Bertz CT molecular complexity index is 1320. The van der Waals surface area contributed by atoms with Gasteiger partial charge in [0.2, 0.25) is 0 Å². The monoisotopic (exact) mass is 466 g/mol. The number of aliphatic hydroxyl groups is 1. The summed E-state index contributed by atoms with van der Waals surface area (Å²) in [6.07, 6.45) is 0. The number of hydrogen-bond donors (Lipinski definition) is 2. The molecule has 0 saturated carbocycles. The van der Waals surface area contributed by atoms with Gasteiger partial charge >= 0.3 is 0 Å². The first-order chi connectivity index (χ1) is 15.8. The van der Waals surface area contributed by atoms with Crippen molar-refractivity contribution in [2.24, 2.45) is 0 Å². The summed E-state index contributed by atoms with van der Waals surface area (Å²) in [7, 11) is 3.01. The fourth-order valence-corrected chi connectivity index (χ4v) is 4.50. The van der Waals surface area contributed by atoms with Crippen LogP contribution in [0, 0.1) is 5.82 Å². The second-order valence-electron chi connectivity index (χ2n) is 7.70. The molecule has 2 heterocycles. The van der Waals surface area contributed by atoms with Gasteiger partial charge in [0.05, 0.1) is 36.9 Å². The Kier molecular flexibility index (Phi) is 6.31. The minimum atomic E-state index is -1.43. The van der Waals surface area contributed by atoms with E-state index in [1.165, 1.54) is 31.6 Å². The van der Waals surface area contributed by atoms with Gasteiger partial charge in [0.25, 0.3) is 5.91 Å². The lowest BCUT2D eigenvalue weighted by Crippen LogP contribution is -2.39. The predicted molar refractivity (Wildman–Crippen MR) is 126 cm³/mol. The highest BCUT2D eigenvalue weighted by molar-refractivity contribution is 7.17. The lowest BCUT2D eigenvalue weighted by molar-refractivity contribution is 0.0490. The summed E-state index contributed by atoms with van der Waals surface area (Å²) in [5, 5.41) is 16.4. The predicted octanol–water partition coefficient (Wildman–Crippen LogP) is 4.76. The fourth-order valence-electron chi connectivity index (χ4n) is 3.53. The SMILES string of the molecule is COc1ccc(C(=O)NCC(C)(O)c2cccc(-c3csc4c(F)cccc34)n2)cc1OC. The first kappa shape index (κ1) is 22.7. The number of carbonyl (C=O) groups is 1. The van der Waals surface area contributed by atoms with Gasteiger partial charge in [0, 0.05) is 21.9 Å². The Balaban J connectivity index is 1.54. The molecule has 1 amide bonds. The number of nitrogens with one attached hydrogen (secondary N) is 1. The molecule has 0 saturated heterocycles. The molecule has 1 unspecified atom stereocenters. The molecular weight excluding hydrogens is 443 g/mol. The molecule has 6 nitrogen and oxygen atoms in total. The van der Waals surface area contributed by atoms with Crippen LogP contribution in [0.5, 0.6) is 11.5 Å². The molecule has 2 N–H and O–H groups in total. The molecule has 170 valence electrons. The second-order valence-corrected chi connectivity index (χ2v) is 8.58. The Morgan fingerprint density at radius 3 is 2.64 bits per heavy atom. The molecule has 4 aromatic rings. The number of methoxy groups -OCH3 is 2. The van der Waals surface area contributed by atoms with Gasteiger partial charge in [0.15, 0.2) is 11.5 Å². The van der Waals surface area contributed by atoms with Gasteiger partial charge in [-0.25, -0.2) is 9.37 Å². The quantitative estimate of drug-likeness (QED) is 0.411. The number of fused-ring (bicyclic) bond motifs is 1. The maximum atomic E-state index is 14.1. The smallest absolute Gasteiger partial charge is 0.251 e. The zero-order valence-corrected chi connectivity index (χ0v) is 19.2. The standard InChI is InChI=1S/C25H23FN2O4S/c1-25(30,14-27-24(29)15-10-11-20(31-2)21(12-15)32-3)22-9-5-8-19(28-22)17-13-33-23-16(17)6-4-7-18(23)26/h4-13,30H,14H2,1-3H3,(H,27,29). The van der Waals surface area contributed by atoms with Gasteiger partial charge in [-0.2, -0.15) is 0 Å². The summed E-state index contributed by atoms with van der Waals surface area (Å²) in [4.78, 5) is 17.3. The van der Waals surface area contributed by atoms with E-state index in [1.54, 1.807) is 43.3 Å². The highest BCUT2D eigenvalue weighted by Gasteiger charge is 2.27.